The molecule has 0 fully saturated rings. The quantitative estimate of drug-likeness (QED) is 0.779. The molecular formula is C12H14FN5OS. The molecule has 2 aromatic rings. The molecule has 0 aliphatic heterocycles. The van der Waals surface area contributed by atoms with Crippen LogP contribution in [0.4, 0.5) is 16.3 Å². The zero-order chi connectivity index (χ0) is 14.4. The van der Waals surface area contributed by atoms with Gasteiger partial charge in [-0.1, -0.05) is 0 Å². The maximum atomic E-state index is 12.7. The van der Waals surface area contributed by atoms with Crippen molar-refractivity contribution in [3.8, 4) is 5.75 Å². The van der Waals surface area contributed by atoms with Crippen molar-refractivity contribution in [3.05, 3.63) is 35.9 Å². The minimum atomic E-state index is -0.281. The van der Waals surface area contributed by atoms with Gasteiger partial charge in [-0.05, 0) is 24.3 Å². The van der Waals surface area contributed by atoms with Gasteiger partial charge in [-0.3, -0.25) is 0 Å². The van der Waals surface area contributed by atoms with E-state index in [0.717, 1.165) is 5.75 Å². The lowest BCUT2D eigenvalue weighted by Crippen LogP contribution is -2.07. The lowest BCUT2D eigenvalue weighted by Gasteiger charge is -2.06. The molecule has 0 amide bonds. The molecule has 0 saturated carbocycles. The summed E-state index contributed by atoms with van der Waals surface area (Å²) in [6, 6.07) is 5.90. The Kier molecular flexibility index (Phi) is 4.94. The average molecular weight is 295 g/mol. The second kappa shape index (κ2) is 6.90. The topological polar surface area (TPSA) is 99.9 Å². The van der Waals surface area contributed by atoms with Crippen molar-refractivity contribution >= 4 is 23.7 Å². The van der Waals surface area contributed by atoms with Crippen molar-refractivity contribution < 1.29 is 9.13 Å². The van der Waals surface area contributed by atoms with Crippen molar-refractivity contribution in [1.29, 1.82) is 0 Å². The van der Waals surface area contributed by atoms with Crippen LogP contribution in [0.25, 0.3) is 0 Å². The van der Waals surface area contributed by atoms with Crippen LogP contribution in [0.1, 0.15) is 5.82 Å². The molecule has 0 unspecified atom stereocenters. The number of rotatable bonds is 6. The van der Waals surface area contributed by atoms with E-state index in [1.807, 2.05) is 0 Å². The van der Waals surface area contributed by atoms with Crippen molar-refractivity contribution in [3.63, 3.8) is 0 Å². The molecule has 1 aromatic carbocycles. The fraction of sp³-hybridized carbons (Fsp3) is 0.250. The molecule has 1 heterocycles. The van der Waals surface area contributed by atoms with E-state index < -0.39 is 0 Å². The molecule has 6 nitrogen and oxygen atoms in total. The van der Waals surface area contributed by atoms with Gasteiger partial charge in [0.1, 0.15) is 17.4 Å². The highest BCUT2D eigenvalue weighted by atomic mass is 32.2. The summed E-state index contributed by atoms with van der Waals surface area (Å²) in [5.74, 6) is 2.46. The summed E-state index contributed by atoms with van der Waals surface area (Å²) in [5, 5.41) is 0. The van der Waals surface area contributed by atoms with E-state index in [0.29, 0.717) is 23.9 Å². The van der Waals surface area contributed by atoms with Gasteiger partial charge in [-0.25, -0.2) is 4.39 Å². The number of hydrogen-bond donors (Lipinski definition) is 2. The first-order valence-corrected chi connectivity index (χ1v) is 7.01. The van der Waals surface area contributed by atoms with E-state index in [1.54, 1.807) is 23.9 Å². The SMILES string of the molecule is Nc1nc(N)nc(CSCCOc2ccc(F)cc2)n1. The number of anilines is 2. The number of halogens is 1. The molecule has 0 aliphatic rings. The van der Waals surface area contributed by atoms with Gasteiger partial charge >= 0.3 is 0 Å². The van der Waals surface area contributed by atoms with E-state index in [4.69, 9.17) is 16.2 Å². The molecule has 20 heavy (non-hydrogen) atoms. The third-order valence-corrected chi connectivity index (χ3v) is 3.18. The van der Waals surface area contributed by atoms with E-state index in [2.05, 4.69) is 15.0 Å². The smallest absolute Gasteiger partial charge is 0.225 e. The van der Waals surface area contributed by atoms with Crippen LogP contribution in [0.3, 0.4) is 0 Å². The maximum Gasteiger partial charge on any atom is 0.225 e. The number of benzene rings is 1. The summed E-state index contributed by atoms with van der Waals surface area (Å²) < 4.78 is 18.1. The zero-order valence-corrected chi connectivity index (χ0v) is 11.4. The van der Waals surface area contributed by atoms with Crippen LogP contribution < -0.4 is 16.2 Å². The van der Waals surface area contributed by atoms with Crippen LogP contribution in [0, 0.1) is 5.82 Å². The van der Waals surface area contributed by atoms with Crippen molar-refractivity contribution in [2.45, 2.75) is 5.75 Å². The Balaban J connectivity index is 1.70. The van der Waals surface area contributed by atoms with Crippen molar-refractivity contribution in [2.24, 2.45) is 0 Å². The summed E-state index contributed by atoms with van der Waals surface area (Å²) in [4.78, 5) is 11.6. The minimum absolute atomic E-state index is 0.121. The average Bonchev–Trinajstić information content (AvgIpc) is 2.39. The number of thioether (sulfide) groups is 1. The Bertz CT molecular complexity index is 546. The van der Waals surface area contributed by atoms with Gasteiger partial charge in [0.2, 0.25) is 11.9 Å². The Morgan fingerprint density at radius 1 is 1.05 bits per heavy atom. The monoisotopic (exact) mass is 295 g/mol. The third kappa shape index (κ3) is 4.54. The standard InChI is InChI=1S/C12H14FN5OS/c13-8-1-3-9(4-2-8)19-5-6-20-7-10-16-11(14)18-12(15)17-10/h1-4H,5-7H2,(H4,14,15,16,17,18). The molecule has 0 aliphatic carbocycles. The van der Waals surface area contributed by atoms with Crippen LogP contribution in [-0.2, 0) is 5.75 Å². The highest BCUT2D eigenvalue weighted by molar-refractivity contribution is 7.98. The summed E-state index contributed by atoms with van der Waals surface area (Å²) >= 11 is 1.58. The summed E-state index contributed by atoms with van der Waals surface area (Å²) in [5.41, 5.74) is 10.9. The molecular weight excluding hydrogens is 281 g/mol. The lowest BCUT2D eigenvalue weighted by atomic mass is 10.3. The lowest BCUT2D eigenvalue weighted by molar-refractivity contribution is 0.343. The number of aromatic nitrogens is 3. The van der Waals surface area contributed by atoms with Crippen LogP contribution in [-0.4, -0.2) is 27.3 Å². The Morgan fingerprint density at radius 2 is 1.70 bits per heavy atom. The predicted molar refractivity (Wildman–Crippen MR) is 76.7 cm³/mol. The number of ether oxygens (including phenoxy) is 1. The molecule has 2 rings (SSSR count). The van der Waals surface area contributed by atoms with Crippen LogP contribution in [0.2, 0.25) is 0 Å². The van der Waals surface area contributed by atoms with Crippen LogP contribution in [0.5, 0.6) is 5.75 Å². The molecule has 0 atom stereocenters. The number of nitrogens with two attached hydrogens (primary N) is 2. The Morgan fingerprint density at radius 3 is 2.35 bits per heavy atom. The fourth-order valence-electron chi connectivity index (χ4n) is 1.43. The van der Waals surface area contributed by atoms with Crippen LogP contribution in [0.15, 0.2) is 24.3 Å². The van der Waals surface area contributed by atoms with E-state index in [1.165, 1.54) is 12.1 Å². The van der Waals surface area contributed by atoms with Gasteiger partial charge in [-0.15, -0.1) is 0 Å². The normalized spacial score (nSPS) is 10.4. The van der Waals surface area contributed by atoms with E-state index in [9.17, 15) is 4.39 Å². The third-order valence-electron chi connectivity index (χ3n) is 2.26. The largest absolute Gasteiger partial charge is 0.493 e. The summed E-state index contributed by atoms with van der Waals surface area (Å²) in [7, 11) is 0. The van der Waals surface area contributed by atoms with Gasteiger partial charge in [0.25, 0.3) is 0 Å². The highest BCUT2D eigenvalue weighted by Crippen LogP contribution is 2.13. The van der Waals surface area contributed by atoms with E-state index in [-0.39, 0.29) is 17.7 Å². The van der Waals surface area contributed by atoms with Crippen molar-refractivity contribution in [1.82, 2.24) is 15.0 Å². The first-order valence-electron chi connectivity index (χ1n) is 5.85. The van der Waals surface area contributed by atoms with Gasteiger partial charge < -0.3 is 16.2 Å². The molecule has 0 spiro atoms. The number of nitrogens with zero attached hydrogens (tertiary/aromatic N) is 3. The zero-order valence-electron chi connectivity index (χ0n) is 10.6. The summed E-state index contributed by atoms with van der Waals surface area (Å²) in [6.45, 7) is 0.506. The molecule has 0 saturated heterocycles. The second-order valence-corrected chi connectivity index (χ2v) is 4.93. The molecule has 0 bridgehead atoms. The van der Waals surface area contributed by atoms with Gasteiger partial charge in [0.05, 0.1) is 12.4 Å². The number of nitrogen functional groups attached to an aromatic ring is 2. The van der Waals surface area contributed by atoms with Gasteiger partial charge in [0, 0.05) is 5.75 Å². The Labute approximate surface area is 119 Å². The highest BCUT2D eigenvalue weighted by Gasteiger charge is 2.02. The minimum Gasteiger partial charge on any atom is -0.493 e. The van der Waals surface area contributed by atoms with Gasteiger partial charge in [-0.2, -0.15) is 26.7 Å². The summed E-state index contributed by atoms with van der Waals surface area (Å²) in [6.07, 6.45) is 0. The van der Waals surface area contributed by atoms with Crippen molar-refractivity contribution in [2.75, 3.05) is 23.8 Å². The maximum absolute atomic E-state index is 12.7. The molecule has 8 heteroatoms. The van der Waals surface area contributed by atoms with Gasteiger partial charge in [0.15, 0.2) is 0 Å². The molecule has 106 valence electrons. The number of hydrogen-bond acceptors (Lipinski definition) is 7. The molecule has 0 radical (unpaired) electrons. The molecule has 4 N–H and O–H groups in total. The fourth-order valence-corrected chi connectivity index (χ4v) is 2.09. The van der Waals surface area contributed by atoms with Crippen LogP contribution >= 0.6 is 11.8 Å². The first kappa shape index (κ1) is 14.3. The predicted octanol–water partition coefficient (Wildman–Crippen LogP) is 1.49. The second-order valence-electron chi connectivity index (χ2n) is 3.82. The first-order chi connectivity index (χ1) is 9.63. The molecule has 1 aromatic heterocycles. The Hall–Kier alpha value is -2.09. The van der Waals surface area contributed by atoms with E-state index >= 15 is 0 Å².